The molecule has 1 N–H and O–H groups in total. The lowest BCUT2D eigenvalue weighted by molar-refractivity contribution is 0.475. The Kier molecular flexibility index (Phi) is 3.99. The monoisotopic (exact) mass is 291 g/mol. The lowest BCUT2D eigenvalue weighted by Crippen LogP contribution is -1.95. The zero-order valence-electron chi connectivity index (χ0n) is 10.2. The zero-order chi connectivity index (χ0) is 14.0. The van der Waals surface area contributed by atoms with Crippen LogP contribution in [0.3, 0.4) is 0 Å². The summed E-state index contributed by atoms with van der Waals surface area (Å²) >= 11 is 11.8. The number of hydrogen-bond acceptors (Lipinski definition) is 2. The minimum absolute atomic E-state index is 0.114. The van der Waals surface area contributed by atoms with Gasteiger partial charge in [-0.25, -0.2) is 0 Å². The summed E-state index contributed by atoms with van der Waals surface area (Å²) in [5.41, 5.74) is 3.38. The minimum Gasteiger partial charge on any atom is -0.505 e. The molecular weight excluding hydrogens is 281 g/mol. The van der Waals surface area contributed by atoms with Crippen LogP contribution in [-0.4, -0.2) is 5.11 Å². The fourth-order valence-corrected chi connectivity index (χ4v) is 2.51. The van der Waals surface area contributed by atoms with E-state index in [1.54, 1.807) is 12.1 Å². The molecule has 0 atom stereocenters. The van der Waals surface area contributed by atoms with Crippen molar-refractivity contribution in [3.63, 3.8) is 0 Å². The molecule has 0 saturated heterocycles. The van der Waals surface area contributed by atoms with Crippen molar-refractivity contribution in [3.8, 4) is 11.8 Å². The van der Waals surface area contributed by atoms with Gasteiger partial charge >= 0.3 is 0 Å². The molecule has 0 bridgehead atoms. The SMILES string of the molecule is Cc1cccc(Cc2cc(Cl)c(O)c(Cl)c2)c1C#N. The average Bonchev–Trinajstić information content (AvgIpc) is 2.36. The molecule has 0 radical (unpaired) electrons. The average molecular weight is 292 g/mol. The predicted octanol–water partition coefficient (Wildman–Crippen LogP) is 4.47. The van der Waals surface area contributed by atoms with Crippen LogP contribution in [0.25, 0.3) is 0 Å². The number of nitriles is 1. The first-order valence-electron chi connectivity index (χ1n) is 5.68. The van der Waals surface area contributed by atoms with Crippen LogP contribution in [0, 0.1) is 18.3 Å². The van der Waals surface area contributed by atoms with E-state index in [-0.39, 0.29) is 15.8 Å². The number of benzene rings is 2. The van der Waals surface area contributed by atoms with Crippen molar-refractivity contribution in [1.82, 2.24) is 0 Å². The normalized spacial score (nSPS) is 10.2. The second-order valence-electron chi connectivity index (χ2n) is 4.31. The van der Waals surface area contributed by atoms with Crippen LogP contribution in [0.15, 0.2) is 30.3 Å². The number of aryl methyl sites for hydroxylation is 1. The van der Waals surface area contributed by atoms with E-state index in [0.717, 1.165) is 16.7 Å². The fraction of sp³-hybridized carbons (Fsp3) is 0.133. The van der Waals surface area contributed by atoms with E-state index in [0.29, 0.717) is 12.0 Å². The van der Waals surface area contributed by atoms with Gasteiger partial charge in [0.15, 0.2) is 5.75 Å². The van der Waals surface area contributed by atoms with Crippen molar-refractivity contribution >= 4 is 23.2 Å². The molecule has 0 aliphatic carbocycles. The minimum atomic E-state index is -0.114. The molecule has 19 heavy (non-hydrogen) atoms. The van der Waals surface area contributed by atoms with Crippen molar-refractivity contribution in [2.45, 2.75) is 13.3 Å². The summed E-state index contributed by atoms with van der Waals surface area (Å²) in [7, 11) is 0. The highest BCUT2D eigenvalue weighted by Gasteiger charge is 2.10. The van der Waals surface area contributed by atoms with E-state index in [4.69, 9.17) is 23.2 Å². The van der Waals surface area contributed by atoms with Gasteiger partial charge in [0, 0.05) is 0 Å². The summed E-state index contributed by atoms with van der Waals surface area (Å²) in [6, 6.07) is 11.2. The highest BCUT2D eigenvalue weighted by atomic mass is 35.5. The molecule has 2 aromatic carbocycles. The van der Waals surface area contributed by atoms with Crippen molar-refractivity contribution in [3.05, 3.63) is 62.6 Å². The summed E-state index contributed by atoms with van der Waals surface area (Å²) in [6.45, 7) is 1.90. The van der Waals surface area contributed by atoms with Crippen LogP contribution < -0.4 is 0 Å². The summed E-state index contributed by atoms with van der Waals surface area (Å²) in [4.78, 5) is 0. The first-order valence-corrected chi connectivity index (χ1v) is 6.44. The standard InChI is InChI=1S/C15H11Cl2NO/c1-9-3-2-4-11(12(9)8-18)5-10-6-13(16)15(19)14(17)7-10/h2-4,6-7,19H,5H2,1H3. The van der Waals surface area contributed by atoms with Gasteiger partial charge in [-0.1, -0.05) is 41.4 Å². The lowest BCUT2D eigenvalue weighted by Gasteiger charge is -2.08. The maximum atomic E-state index is 9.53. The van der Waals surface area contributed by atoms with Crippen LogP contribution in [0.2, 0.25) is 10.0 Å². The molecule has 0 spiro atoms. The van der Waals surface area contributed by atoms with Gasteiger partial charge in [-0.3, -0.25) is 0 Å². The highest BCUT2D eigenvalue weighted by molar-refractivity contribution is 6.37. The van der Waals surface area contributed by atoms with Crippen LogP contribution in [0.5, 0.6) is 5.75 Å². The number of aromatic hydroxyl groups is 1. The number of phenolic OH excluding ortho intramolecular Hbond substituents is 1. The molecule has 0 aliphatic rings. The Balaban J connectivity index is 2.43. The van der Waals surface area contributed by atoms with Gasteiger partial charge in [-0.15, -0.1) is 0 Å². The smallest absolute Gasteiger partial charge is 0.152 e. The van der Waals surface area contributed by atoms with Crippen LogP contribution in [0.4, 0.5) is 0 Å². The van der Waals surface area contributed by atoms with Gasteiger partial charge < -0.3 is 5.11 Å². The lowest BCUT2D eigenvalue weighted by atomic mass is 9.97. The first kappa shape index (κ1) is 13.7. The second-order valence-corrected chi connectivity index (χ2v) is 5.12. The Bertz CT molecular complexity index is 651. The Morgan fingerprint density at radius 1 is 1.21 bits per heavy atom. The summed E-state index contributed by atoms with van der Waals surface area (Å²) in [6.07, 6.45) is 0.546. The van der Waals surface area contributed by atoms with E-state index < -0.39 is 0 Å². The number of hydrogen-bond donors (Lipinski definition) is 1. The second kappa shape index (κ2) is 5.52. The topological polar surface area (TPSA) is 44.0 Å². The molecule has 0 heterocycles. The third-order valence-electron chi connectivity index (χ3n) is 2.94. The summed E-state index contributed by atoms with van der Waals surface area (Å²) in [5.74, 6) is -0.114. The first-order chi connectivity index (χ1) is 9.02. The maximum absolute atomic E-state index is 9.53. The van der Waals surface area contributed by atoms with E-state index in [1.165, 1.54) is 0 Å². The fourth-order valence-electron chi connectivity index (χ4n) is 1.98. The molecule has 2 rings (SSSR count). The Hall–Kier alpha value is -1.69. The van der Waals surface area contributed by atoms with Crippen molar-refractivity contribution in [1.29, 1.82) is 5.26 Å². The van der Waals surface area contributed by atoms with Crippen LogP contribution in [0.1, 0.15) is 22.3 Å². The highest BCUT2D eigenvalue weighted by Crippen LogP contribution is 2.33. The quantitative estimate of drug-likeness (QED) is 0.887. The molecule has 0 aliphatic heterocycles. The van der Waals surface area contributed by atoms with Gasteiger partial charge in [-0.05, 0) is 42.2 Å². The molecule has 0 aromatic heterocycles. The van der Waals surface area contributed by atoms with Gasteiger partial charge in [-0.2, -0.15) is 5.26 Å². The molecule has 2 aromatic rings. The van der Waals surface area contributed by atoms with Crippen LogP contribution >= 0.6 is 23.2 Å². The number of rotatable bonds is 2. The van der Waals surface area contributed by atoms with Gasteiger partial charge in [0.05, 0.1) is 21.7 Å². The maximum Gasteiger partial charge on any atom is 0.152 e. The largest absolute Gasteiger partial charge is 0.505 e. The van der Waals surface area contributed by atoms with E-state index in [1.807, 2.05) is 25.1 Å². The molecule has 0 saturated carbocycles. The Labute approximate surface area is 121 Å². The molecular formula is C15H11Cl2NO. The summed E-state index contributed by atoms with van der Waals surface area (Å²) < 4.78 is 0. The Morgan fingerprint density at radius 2 is 1.84 bits per heavy atom. The van der Waals surface area contributed by atoms with Gasteiger partial charge in [0.1, 0.15) is 0 Å². The molecule has 4 heteroatoms. The van der Waals surface area contributed by atoms with E-state index >= 15 is 0 Å². The number of halogens is 2. The van der Waals surface area contributed by atoms with E-state index in [9.17, 15) is 10.4 Å². The van der Waals surface area contributed by atoms with E-state index in [2.05, 4.69) is 6.07 Å². The van der Waals surface area contributed by atoms with Gasteiger partial charge in [0.25, 0.3) is 0 Å². The Morgan fingerprint density at radius 3 is 2.42 bits per heavy atom. The summed E-state index contributed by atoms with van der Waals surface area (Å²) in [5, 5.41) is 19.1. The third kappa shape index (κ3) is 2.84. The van der Waals surface area contributed by atoms with Crippen molar-refractivity contribution in [2.75, 3.05) is 0 Å². The molecule has 2 nitrogen and oxygen atoms in total. The predicted molar refractivity (Wildman–Crippen MR) is 76.8 cm³/mol. The molecule has 96 valence electrons. The number of nitrogens with zero attached hydrogens (tertiary/aromatic N) is 1. The molecule has 0 amide bonds. The van der Waals surface area contributed by atoms with Crippen molar-refractivity contribution in [2.24, 2.45) is 0 Å². The zero-order valence-corrected chi connectivity index (χ0v) is 11.8. The van der Waals surface area contributed by atoms with Gasteiger partial charge in [0.2, 0.25) is 0 Å². The van der Waals surface area contributed by atoms with Crippen LogP contribution in [-0.2, 0) is 6.42 Å². The number of phenols is 1. The molecule has 0 unspecified atom stereocenters. The third-order valence-corrected chi connectivity index (χ3v) is 3.52. The van der Waals surface area contributed by atoms with Crippen molar-refractivity contribution < 1.29 is 5.11 Å². The molecule has 0 fully saturated rings.